The summed E-state index contributed by atoms with van der Waals surface area (Å²) < 4.78 is 29.7. The Balaban J connectivity index is 2.87. The normalized spacial score (nSPS) is 14.7. The number of hydrogen-bond donors (Lipinski definition) is 0. The molecule has 1 saturated heterocycles. The summed E-state index contributed by atoms with van der Waals surface area (Å²) in [6.07, 6.45) is 81.4. The minimum atomic E-state index is -1.25. The van der Waals surface area contributed by atoms with Gasteiger partial charge in [0.25, 0.3) is 0 Å². The van der Waals surface area contributed by atoms with Crippen molar-refractivity contribution in [2.75, 3.05) is 26.4 Å². The highest BCUT2D eigenvalue weighted by Gasteiger charge is 2.38. The maximum atomic E-state index is 13.4. The van der Waals surface area contributed by atoms with Crippen LogP contribution in [0.25, 0.3) is 0 Å². The van der Waals surface area contributed by atoms with Gasteiger partial charge < -0.3 is 23.7 Å². The molecular weight excluding hydrogens is 1070 g/mol. The van der Waals surface area contributed by atoms with Crippen molar-refractivity contribution in [1.82, 2.24) is 0 Å². The first-order valence-corrected chi connectivity index (χ1v) is 36.1. The van der Waals surface area contributed by atoms with Gasteiger partial charge in [0.15, 0.2) is 0 Å². The molecule has 0 saturated carbocycles. The van der Waals surface area contributed by atoms with Crippen LogP contribution >= 0.6 is 0 Å². The fourth-order valence-electron chi connectivity index (χ4n) is 10.4. The van der Waals surface area contributed by atoms with E-state index in [1.807, 2.05) is 0 Å². The number of allylic oxidation sites excluding steroid dienone is 13. The number of carbonyl (C=O) groups is 4. The van der Waals surface area contributed by atoms with Crippen LogP contribution in [0.5, 0.6) is 0 Å². The number of esters is 4. The van der Waals surface area contributed by atoms with Crippen LogP contribution in [-0.4, -0.2) is 62.5 Å². The van der Waals surface area contributed by atoms with E-state index in [0.29, 0.717) is 37.9 Å². The lowest BCUT2D eigenvalue weighted by Gasteiger charge is -2.31. The van der Waals surface area contributed by atoms with Gasteiger partial charge in [-0.2, -0.15) is 0 Å². The van der Waals surface area contributed by atoms with Crippen molar-refractivity contribution in [3.63, 3.8) is 0 Å². The second-order valence-electron chi connectivity index (χ2n) is 24.8. The molecule has 2 atom stereocenters. The zero-order valence-corrected chi connectivity index (χ0v) is 56.2. The average molecular weight is 1200 g/mol. The molecule has 0 aliphatic carbocycles. The van der Waals surface area contributed by atoms with E-state index in [0.717, 1.165) is 161 Å². The van der Waals surface area contributed by atoms with Gasteiger partial charge in [-0.05, 0) is 148 Å². The van der Waals surface area contributed by atoms with E-state index in [4.69, 9.17) is 23.7 Å². The molecule has 0 amide bonds. The molecular formula is C77H132O9. The summed E-state index contributed by atoms with van der Waals surface area (Å²) in [4.78, 5) is 53.5. The first-order valence-electron chi connectivity index (χ1n) is 36.1. The van der Waals surface area contributed by atoms with Crippen molar-refractivity contribution in [2.24, 2.45) is 5.41 Å². The molecule has 0 N–H and O–H groups in total. The minimum absolute atomic E-state index is 0.200. The van der Waals surface area contributed by atoms with E-state index < -0.39 is 5.41 Å². The van der Waals surface area contributed by atoms with Crippen LogP contribution in [0.1, 0.15) is 336 Å². The first kappa shape index (κ1) is 80.0. The summed E-state index contributed by atoms with van der Waals surface area (Å²) in [5, 5.41) is 0. The molecule has 1 aliphatic rings. The highest BCUT2D eigenvalue weighted by Crippen LogP contribution is 2.31. The van der Waals surface area contributed by atoms with E-state index in [9.17, 15) is 19.2 Å². The molecule has 1 rings (SSSR count). The molecule has 1 fully saturated rings. The summed E-state index contributed by atoms with van der Waals surface area (Å²) in [5.41, 5.74) is -1.25. The van der Waals surface area contributed by atoms with Crippen molar-refractivity contribution in [3.05, 3.63) is 85.1 Å². The third-order valence-electron chi connectivity index (χ3n) is 16.2. The van der Waals surface area contributed by atoms with Crippen LogP contribution in [0.2, 0.25) is 0 Å². The Morgan fingerprint density at radius 2 is 0.535 bits per heavy atom. The lowest BCUT2D eigenvalue weighted by Crippen LogP contribution is -2.44. The van der Waals surface area contributed by atoms with Gasteiger partial charge in [-0.3, -0.25) is 19.2 Å². The molecule has 0 radical (unpaired) electrons. The number of hydrogen-bond acceptors (Lipinski definition) is 9. The highest BCUT2D eigenvalue weighted by molar-refractivity contribution is 5.71. The van der Waals surface area contributed by atoms with Crippen LogP contribution in [-0.2, 0) is 42.9 Å². The maximum absolute atomic E-state index is 13.4. The van der Waals surface area contributed by atoms with Crippen LogP contribution in [0.15, 0.2) is 85.1 Å². The lowest BCUT2D eigenvalue weighted by molar-refractivity contribution is -0.170. The summed E-state index contributed by atoms with van der Waals surface area (Å²) >= 11 is 0. The topological polar surface area (TPSA) is 118 Å². The highest BCUT2D eigenvalue weighted by atomic mass is 16.6. The smallest absolute Gasteiger partial charge is 0.305 e. The number of epoxide rings is 1. The molecule has 1 heterocycles. The van der Waals surface area contributed by atoms with Crippen LogP contribution in [0.4, 0.5) is 0 Å². The third-order valence-corrected chi connectivity index (χ3v) is 16.2. The Kier molecular flexibility index (Phi) is 58.3. The predicted molar refractivity (Wildman–Crippen MR) is 363 cm³/mol. The van der Waals surface area contributed by atoms with Crippen molar-refractivity contribution >= 4 is 23.9 Å². The van der Waals surface area contributed by atoms with E-state index in [-0.39, 0.29) is 76.0 Å². The van der Waals surface area contributed by atoms with E-state index in [1.54, 1.807) is 0 Å². The van der Waals surface area contributed by atoms with Crippen molar-refractivity contribution < 1.29 is 42.9 Å². The predicted octanol–water partition coefficient (Wildman–Crippen LogP) is 22.6. The van der Waals surface area contributed by atoms with Crippen molar-refractivity contribution in [3.8, 4) is 0 Å². The molecule has 494 valence electrons. The zero-order chi connectivity index (χ0) is 62.2. The fraction of sp³-hybridized carbons (Fsp3) is 0.766. The minimum Gasteiger partial charge on any atom is -0.465 e. The van der Waals surface area contributed by atoms with Crippen LogP contribution in [0.3, 0.4) is 0 Å². The zero-order valence-electron chi connectivity index (χ0n) is 56.2. The van der Waals surface area contributed by atoms with Gasteiger partial charge in [0.1, 0.15) is 31.8 Å². The molecule has 9 heteroatoms. The molecule has 2 unspecified atom stereocenters. The number of rotatable bonds is 64. The average Bonchev–Trinajstić information content (AvgIpc) is 3.55. The second-order valence-corrected chi connectivity index (χ2v) is 24.8. The molecule has 86 heavy (non-hydrogen) atoms. The van der Waals surface area contributed by atoms with Gasteiger partial charge in [0, 0.05) is 25.7 Å². The Labute approximate surface area is 529 Å². The largest absolute Gasteiger partial charge is 0.465 e. The number of unbranched alkanes of at least 4 members (excludes halogenated alkanes) is 31. The van der Waals surface area contributed by atoms with Gasteiger partial charge in [0.05, 0.1) is 12.2 Å². The monoisotopic (exact) mass is 1200 g/mol. The Hall–Kier alpha value is -3.98. The van der Waals surface area contributed by atoms with Gasteiger partial charge >= 0.3 is 23.9 Å². The van der Waals surface area contributed by atoms with Gasteiger partial charge in [-0.25, -0.2) is 0 Å². The van der Waals surface area contributed by atoms with E-state index in [1.165, 1.54) is 96.3 Å². The fourth-order valence-corrected chi connectivity index (χ4v) is 10.4. The Morgan fingerprint density at radius 3 is 0.826 bits per heavy atom. The molecule has 0 aromatic heterocycles. The number of carbonyl (C=O) groups excluding carboxylic acids is 4. The van der Waals surface area contributed by atoms with Crippen LogP contribution < -0.4 is 0 Å². The summed E-state index contributed by atoms with van der Waals surface area (Å²) in [6, 6.07) is 0. The maximum Gasteiger partial charge on any atom is 0.305 e. The van der Waals surface area contributed by atoms with E-state index >= 15 is 0 Å². The summed E-state index contributed by atoms with van der Waals surface area (Å²) in [7, 11) is 0. The molecule has 0 spiro atoms. The van der Waals surface area contributed by atoms with Gasteiger partial charge in [-0.1, -0.05) is 248 Å². The lowest BCUT2D eigenvalue weighted by atomic mass is 9.92. The Bertz CT molecular complexity index is 1640. The Morgan fingerprint density at radius 1 is 0.291 bits per heavy atom. The standard InChI is InChI=1S/C77H132O9/c1-5-9-13-17-21-24-27-30-33-36-39-42-45-51-57-63-73(78)82-67-77(68-83-74(79)64-58-52-46-43-40-37-34-31-28-25-22-18-14-10-6-2,69-84-75(80)65-59-53-47-44-41-38-35-32-29-26-23-19-15-11-7-3)70-85-76(81)66-60-54-48-50-56-62-72-71(86-72)61-55-49-20-16-12-8-4/h21-26,30-35,49,55,71-72H,5-20,27-29,36-48,50-54,56-70H2,1-4H3/b24-21-,25-22-,26-23-,33-30-,34-31-,35-32-,55-49-. The van der Waals surface area contributed by atoms with Crippen molar-refractivity contribution in [2.45, 2.75) is 348 Å². The molecule has 1 aliphatic heterocycles. The summed E-state index contributed by atoms with van der Waals surface area (Å²) in [6.45, 7) is 8.14. The molecule has 9 nitrogen and oxygen atoms in total. The number of ether oxygens (including phenoxy) is 5. The second kappa shape index (κ2) is 62.6. The quantitative estimate of drug-likeness (QED) is 0.0193. The van der Waals surface area contributed by atoms with E-state index in [2.05, 4.69) is 113 Å². The van der Waals surface area contributed by atoms with Crippen molar-refractivity contribution in [1.29, 1.82) is 0 Å². The first-order chi connectivity index (χ1) is 42.3. The molecule has 0 aromatic carbocycles. The van der Waals surface area contributed by atoms with Gasteiger partial charge in [0.2, 0.25) is 0 Å². The van der Waals surface area contributed by atoms with Gasteiger partial charge in [-0.15, -0.1) is 0 Å². The molecule has 0 bridgehead atoms. The molecule has 0 aromatic rings. The third kappa shape index (κ3) is 55.3. The summed E-state index contributed by atoms with van der Waals surface area (Å²) in [5.74, 6) is -1.45. The van der Waals surface area contributed by atoms with Crippen LogP contribution in [0, 0.1) is 5.41 Å². The SMILES string of the molecule is CCCCC/C=C\C/C=C\CCCCCCCC(=O)OCC(COC(=O)CCCCCCC/C=C\C/C=C\CCCCC)(COC(=O)CCCCCCC/C=C\C/C=C\CCCCC)COC(=O)CCCCCCCC1OC1C/C=C\CCCCC.